The lowest BCUT2D eigenvalue weighted by molar-refractivity contribution is -0.313. The first-order chi connectivity index (χ1) is 17.9. The second kappa shape index (κ2) is 11.4. The van der Waals surface area contributed by atoms with E-state index in [0.717, 1.165) is 37.4 Å². The van der Waals surface area contributed by atoms with Crippen LogP contribution in [0.3, 0.4) is 0 Å². The molecule has 0 saturated carbocycles. The maximum atomic E-state index is 11.6. The normalized spacial score (nSPS) is 22.3. The Bertz CT molecular complexity index is 1190. The molecule has 0 bridgehead atoms. The van der Waals surface area contributed by atoms with Crippen molar-refractivity contribution in [3.05, 3.63) is 82.4 Å². The van der Waals surface area contributed by atoms with E-state index in [1.165, 1.54) is 0 Å². The number of carbonyl (C=O) groups is 1. The third-order valence-electron chi connectivity index (χ3n) is 6.81. The van der Waals surface area contributed by atoms with Crippen molar-refractivity contribution in [2.75, 3.05) is 44.3 Å². The van der Waals surface area contributed by atoms with Gasteiger partial charge in [0.25, 0.3) is 0 Å². The number of aromatic nitrogens is 2. The first-order valence-electron chi connectivity index (χ1n) is 12.3. The molecule has 196 valence electrons. The first-order valence-corrected chi connectivity index (χ1v) is 13.1. The van der Waals surface area contributed by atoms with Crippen LogP contribution in [-0.2, 0) is 37.9 Å². The van der Waals surface area contributed by atoms with Crippen LogP contribution in [0.5, 0.6) is 0 Å². The van der Waals surface area contributed by atoms with Crippen LogP contribution in [0.1, 0.15) is 18.1 Å². The Hall–Kier alpha value is -2.62. The topological polar surface area (TPSA) is 69.1 Å². The van der Waals surface area contributed by atoms with Gasteiger partial charge in [0.2, 0.25) is 11.7 Å². The van der Waals surface area contributed by atoms with E-state index < -0.39 is 5.79 Å². The number of ether oxygens (including phenoxy) is 3. The molecule has 0 unspecified atom stereocenters. The number of nitrogens with zero attached hydrogens (tertiary/aromatic N) is 4. The summed E-state index contributed by atoms with van der Waals surface area (Å²) in [7, 11) is 0. The zero-order valence-corrected chi connectivity index (χ0v) is 22.2. The van der Waals surface area contributed by atoms with E-state index in [0.29, 0.717) is 42.0 Å². The molecule has 0 N–H and O–H groups in total. The molecule has 1 amide bonds. The zero-order valence-electron chi connectivity index (χ0n) is 20.7. The molecular weight excluding hydrogens is 515 g/mol. The number of imidazole rings is 1. The number of piperazine rings is 1. The second-order valence-corrected chi connectivity index (χ2v) is 10.2. The van der Waals surface area contributed by atoms with Crippen molar-refractivity contribution in [1.82, 2.24) is 14.5 Å². The molecule has 0 spiro atoms. The molecule has 0 atom stereocenters. The maximum absolute atomic E-state index is 11.6. The van der Waals surface area contributed by atoms with Crippen LogP contribution in [0.4, 0.5) is 5.69 Å². The molecule has 5 rings (SSSR count). The third kappa shape index (κ3) is 6.10. The molecule has 2 fully saturated rings. The van der Waals surface area contributed by atoms with Gasteiger partial charge in [-0.05, 0) is 29.8 Å². The summed E-state index contributed by atoms with van der Waals surface area (Å²) < 4.78 is 20.6. The number of hydrogen-bond donors (Lipinski definition) is 0. The van der Waals surface area contributed by atoms with E-state index in [1.54, 1.807) is 31.6 Å². The van der Waals surface area contributed by atoms with Crippen molar-refractivity contribution < 1.29 is 19.0 Å². The fraction of sp³-hybridized carbons (Fsp3) is 0.407. The largest absolute Gasteiger partial charge is 0.369 e. The lowest BCUT2D eigenvalue weighted by Gasteiger charge is -2.41. The molecule has 2 aromatic carbocycles. The molecule has 2 aliphatic heterocycles. The van der Waals surface area contributed by atoms with Crippen LogP contribution < -0.4 is 4.90 Å². The van der Waals surface area contributed by atoms with Gasteiger partial charge in [0.1, 0.15) is 6.10 Å². The summed E-state index contributed by atoms with van der Waals surface area (Å²) in [6.07, 6.45) is 5.06. The van der Waals surface area contributed by atoms with Gasteiger partial charge < -0.3 is 28.6 Å². The average molecular weight is 545 g/mol. The Labute approximate surface area is 226 Å². The molecule has 10 heteroatoms. The van der Waals surface area contributed by atoms with Crippen molar-refractivity contribution in [2.45, 2.75) is 32.0 Å². The highest BCUT2D eigenvalue weighted by Crippen LogP contribution is 2.38. The van der Waals surface area contributed by atoms with Crippen LogP contribution in [0.2, 0.25) is 10.0 Å². The van der Waals surface area contributed by atoms with Gasteiger partial charge in [-0.15, -0.1) is 0 Å². The molecular formula is C27H30Cl2N4O4. The fourth-order valence-corrected chi connectivity index (χ4v) is 5.24. The Kier molecular flexibility index (Phi) is 8.02. The summed E-state index contributed by atoms with van der Waals surface area (Å²) in [6, 6.07) is 13.7. The molecule has 3 aromatic rings. The second-order valence-electron chi connectivity index (χ2n) is 9.33. The Balaban J connectivity index is 1.18. The van der Waals surface area contributed by atoms with Gasteiger partial charge in [0.05, 0.1) is 37.7 Å². The highest BCUT2D eigenvalue weighted by atomic mass is 35.5. The van der Waals surface area contributed by atoms with Crippen LogP contribution >= 0.6 is 23.2 Å². The SMILES string of the molecule is CC(=O)N1CCN(c2ccc(COC3COC(Cn4ccnc4)(c4ccc(Cl)cc4Cl)OC3)cc2)CC1. The van der Waals surface area contributed by atoms with Crippen molar-refractivity contribution in [2.24, 2.45) is 0 Å². The predicted molar refractivity (Wildman–Crippen MR) is 142 cm³/mol. The molecule has 0 radical (unpaired) electrons. The Morgan fingerprint density at radius 2 is 1.81 bits per heavy atom. The first kappa shape index (κ1) is 26.0. The number of anilines is 1. The van der Waals surface area contributed by atoms with Gasteiger partial charge in [0.15, 0.2) is 0 Å². The number of benzene rings is 2. The van der Waals surface area contributed by atoms with Gasteiger partial charge >= 0.3 is 0 Å². The monoisotopic (exact) mass is 544 g/mol. The highest BCUT2D eigenvalue weighted by molar-refractivity contribution is 6.35. The molecule has 37 heavy (non-hydrogen) atoms. The number of hydrogen-bond acceptors (Lipinski definition) is 6. The summed E-state index contributed by atoms with van der Waals surface area (Å²) in [5, 5.41) is 1.03. The van der Waals surface area contributed by atoms with E-state index in [-0.39, 0.29) is 12.0 Å². The molecule has 3 heterocycles. The summed E-state index contributed by atoms with van der Waals surface area (Å²) in [5.74, 6) is -0.936. The van der Waals surface area contributed by atoms with Gasteiger partial charge in [0, 0.05) is 61.8 Å². The number of amides is 1. The van der Waals surface area contributed by atoms with Crippen molar-refractivity contribution in [3.63, 3.8) is 0 Å². The molecule has 0 aliphatic carbocycles. The van der Waals surface area contributed by atoms with Gasteiger partial charge in [-0.25, -0.2) is 4.98 Å². The van der Waals surface area contributed by atoms with Crippen molar-refractivity contribution in [1.29, 1.82) is 0 Å². The fourth-order valence-electron chi connectivity index (χ4n) is 4.69. The number of halogens is 2. The lowest BCUT2D eigenvalue weighted by Crippen LogP contribution is -2.48. The smallest absolute Gasteiger partial charge is 0.219 e. The summed E-state index contributed by atoms with van der Waals surface area (Å²) in [6.45, 7) is 6.36. The van der Waals surface area contributed by atoms with E-state index >= 15 is 0 Å². The van der Waals surface area contributed by atoms with Gasteiger partial charge in [-0.2, -0.15) is 0 Å². The summed E-state index contributed by atoms with van der Waals surface area (Å²) in [5.41, 5.74) is 2.94. The average Bonchev–Trinajstić information content (AvgIpc) is 3.41. The maximum Gasteiger partial charge on any atom is 0.219 e. The highest BCUT2D eigenvalue weighted by Gasteiger charge is 2.42. The molecule has 2 saturated heterocycles. The third-order valence-corrected chi connectivity index (χ3v) is 7.36. The molecule has 2 aliphatic rings. The minimum Gasteiger partial charge on any atom is -0.369 e. The standard InChI is InChI=1S/C27H30Cl2N4O4/c1-20(34)32-10-12-33(13-11-32)23-5-2-21(3-6-23)15-35-24-16-36-27(37-17-24,18-31-9-8-30-19-31)25-7-4-22(28)14-26(25)29/h2-9,14,19,24H,10-13,15-18H2,1H3. The van der Waals surface area contributed by atoms with E-state index in [4.69, 9.17) is 37.4 Å². The predicted octanol–water partition coefficient (Wildman–Crippen LogP) is 4.34. The lowest BCUT2D eigenvalue weighted by atomic mass is 10.0. The Morgan fingerprint density at radius 1 is 1.08 bits per heavy atom. The zero-order chi connectivity index (χ0) is 25.8. The molecule has 1 aromatic heterocycles. The van der Waals surface area contributed by atoms with Crippen LogP contribution in [0.25, 0.3) is 0 Å². The number of carbonyl (C=O) groups excluding carboxylic acids is 1. The quantitative estimate of drug-likeness (QED) is 0.440. The summed E-state index contributed by atoms with van der Waals surface area (Å²) >= 11 is 12.7. The summed E-state index contributed by atoms with van der Waals surface area (Å²) in [4.78, 5) is 19.9. The van der Waals surface area contributed by atoms with Gasteiger partial charge in [-0.3, -0.25) is 4.79 Å². The van der Waals surface area contributed by atoms with Crippen LogP contribution in [-0.4, -0.2) is 65.9 Å². The van der Waals surface area contributed by atoms with E-state index in [1.807, 2.05) is 21.7 Å². The van der Waals surface area contributed by atoms with E-state index in [9.17, 15) is 4.79 Å². The van der Waals surface area contributed by atoms with Crippen molar-refractivity contribution in [3.8, 4) is 0 Å². The Morgan fingerprint density at radius 3 is 2.43 bits per heavy atom. The number of rotatable bonds is 7. The van der Waals surface area contributed by atoms with Crippen LogP contribution in [0.15, 0.2) is 61.2 Å². The van der Waals surface area contributed by atoms with Crippen LogP contribution in [0, 0.1) is 0 Å². The molecule has 8 nitrogen and oxygen atoms in total. The minimum absolute atomic E-state index is 0.137. The van der Waals surface area contributed by atoms with Crippen molar-refractivity contribution >= 4 is 34.8 Å². The van der Waals surface area contributed by atoms with E-state index in [2.05, 4.69) is 34.1 Å². The minimum atomic E-state index is -1.07. The van der Waals surface area contributed by atoms with Gasteiger partial charge in [-0.1, -0.05) is 41.4 Å².